The minimum atomic E-state index is -0.562. The third-order valence-corrected chi connectivity index (χ3v) is 4.27. The number of anilines is 2. The summed E-state index contributed by atoms with van der Waals surface area (Å²) in [5.41, 5.74) is 1.37. The third kappa shape index (κ3) is 4.69. The lowest BCUT2D eigenvalue weighted by molar-refractivity contribution is -0.114. The maximum atomic E-state index is 12.4. The first-order valence-corrected chi connectivity index (χ1v) is 8.82. The van der Waals surface area contributed by atoms with Gasteiger partial charge < -0.3 is 15.0 Å². The normalized spacial score (nSPS) is 13.3. The van der Waals surface area contributed by atoms with Crippen molar-refractivity contribution in [2.75, 3.05) is 29.9 Å². The monoisotopic (exact) mass is 367 g/mol. The fraction of sp³-hybridized carbons (Fsp3) is 0.300. The largest absolute Gasteiger partial charge is 0.454 e. The second kappa shape index (κ2) is 8.44. The first kappa shape index (κ1) is 18.6. The first-order valence-electron chi connectivity index (χ1n) is 8.82. The van der Waals surface area contributed by atoms with Crippen molar-refractivity contribution < 1.29 is 19.1 Å². The molecule has 1 aromatic heterocycles. The molecule has 27 heavy (non-hydrogen) atoms. The van der Waals surface area contributed by atoms with Gasteiger partial charge in [-0.15, -0.1) is 0 Å². The summed E-state index contributed by atoms with van der Waals surface area (Å²) in [5.74, 6) is -0.460. The van der Waals surface area contributed by atoms with Gasteiger partial charge in [0.1, 0.15) is 11.4 Å². The third-order valence-electron chi connectivity index (χ3n) is 4.27. The van der Waals surface area contributed by atoms with Gasteiger partial charge in [-0.3, -0.25) is 9.59 Å². The summed E-state index contributed by atoms with van der Waals surface area (Å²) in [6.07, 6.45) is 3.78. The molecule has 1 aliphatic rings. The summed E-state index contributed by atoms with van der Waals surface area (Å²) >= 11 is 0. The zero-order valence-electron chi connectivity index (χ0n) is 15.1. The van der Waals surface area contributed by atoms with E-state index in [-0.39, 0.29) is 18.3 Å². The number of rotatable bonds is 6. The molecule has 1 aliphatic heterocycles. The van der Waals surface area contributed by atoms with Gasteiger partial charge in [-0.05, 0) is 49.2 Å². The van der Waals surface area contributed by atoms with E-state index in [0.29, 0.717) is 22.6 Å². The van der Waals surface area contributed by atoms with Crippen LogP contribution in [0.5, 0.6) is 0 Å². The number of nitrogens with zero attached hydrogens (tertiary/aromatic N) is 2. The molecule has 3 rings (SSSR count). The number of carbonyl (C=O) groups is 3. The molecule has 1 N–H and O–H groups in total. The number of hydrogen-bond donors (Lipinski definition) is 1. The molecule has 0 saturated carbocycles. The fourth-order valence-corrected chi connectivity index (χ4v) is 2.97. The zero-order chi connectivity index (χ0) is 19.2. The molecule has 1 amide bonds. The number of esters is 1. The number of aromatic nitrogens is 1. The maximum Gasteiger partial charge on any atom is 0.342 e. The summed E-state index contributed by atoms with van der Waals surface area (Å²) in [5, 5.41) is 2.63. The minimum Gasteiger partial charge on any atom is -0.454 e. The summed E-state index contributed by atoms with van der Waals surface area (Å²) < 4.78 is 5.21. The highest BCUT2D eigenvalue weighted by molar-refractivity contribution is 6.01. The fourth-order valence-electron chi connectivity index (χ4n) is 2.97. The molecule has 7 heteroatoms. The quantitative estimate of drug-likeness (QED) is 0.624. The van der Waals surface area contributed by atoms with Crippen LogP contribution >= 0.6 is 0 Å². The molecule has 2 heterocycles. The van der Waals surface area contributed by atoms with Gasteiger partial charge in [0, 0.05) is 37.5 Å². The van der Waals surface area contributed by atoms with E-state index in [0.717, 1.165) is 25.9 Å². The number of Topliss-reactive ketones (excluding diaryl/α,β-unsaturated/α-hetero) is 1. The lowest BCUT2D eigenvalue weighted by atomic mass is 10.1. The van der Waals surface area contributed by atoms with Crippen LogP contribution in [0.4, 0.5) is 11.5 Å². The second-order valence-electron chi connectivity index (χ2n) is 6.33. The second-order valence-corrected chi connectivity index (χ2v) is 6.33. The Labute approximate surface area is 157 Å². The Morgan fingerprint density at radius 1 is 1.11 bits per heavy atom. The summed E-state index contributed by atoms with van der Waals surface area (Å²) in [6.45, 7) is 2.77. The zero-order valence-corrected chi connectivity index (χ0v) is 15.1. The number of ether oxygens (including phenoxy) is 1. The van der Waals surface area contributed by atoms with E-state index in [1.54, 1.807) is 42.6 Å². The van der Waals surface area contributed by atoms with Gasteiger partial charge in [0.15, 0.2) is 12.4 Å². The van der Waals surface area contributed by atoms with Crippen LogP contribution in [0.25, 0.3) is 0 Å². The highest BCUT2D eigenvalue weighted by atomic mass is 16.5. The van der Waals surface area contributed by atoms with Crippen LogP contribution in [-0.2, 0) is 9.53 Å². The molecule has 1 aromatic carbocycles. The Hall–Kier alpha value is -3.22. The minimum absolute atomic E-state index is 0.187. The molecule has 1 saturated heterocycles. The molecule has 7 nitrogen and oxygen atoms in total. The molecular formula is C20H21N3O4. The van der Waals surface area contributed by atoms with E-state index in [1.807, 2.05) is 0 Å². The molecule has 0 aliphatic carbocycles. The van der Waals surface area contributed by atoms with E-state index in [4.69, 9.17) is 4.74 Å². The Morgan fingerprint density at radius 2 is 1.81 bits per heavy atom. The van der Waals surface area contributed by atoms with E-state index in [1.165, 1.54) is 6.92 Å². The van der Waals surface area contributed by atoms with Gasteiger partial charge in [0.2, 0.25) is 5.91 Å². The average Bonchev–Trinajstić information content (AvgIpc) is 3.20. The van der Waals surface area contributed by atoms with E-state index in [9.17, 15) is 14.4 Å². The molecule has 0 unspecified atom stereocenters. The number of hydrogen-bond acceptors (Lipinski definition) is 6. The van der Waals surface area contributed by atoms with Crippen molar-refractivity contribution in [1.29, 1.82) is 0 Å². The number of pyridine rings is 1. The van der Waals surface area contributed by atoms with Crippen molar-refractivity contribution in [2.24, 2.45) is 0 Å². The molecule has 0 spiro atoms. The van der Waals surface area contributed by atoms with Crippen molar-refractivity contribution in [1.82, 2.24) is 4.98 Å². The van der Waals surface area contributed by atoms with Gasteiger partial charge >= 0.3 is 5.97 Å². The van der Waals surface area contributed by atoms with Crippen LogP contribution in [0.15, 0.2) is 42.6 Å². The first-order chi connectivity index (χ1) is 13.0. The van der Waals surface area contributed by atoms with Gasteiger partial charge in [-0.2, -0.15) is 0 Å². The molecule has 140 valence electrons. The molecule has 2 aromatic rings. The lowest BCUT2D eigenvalue weighted by Gasteiger charge is -2.18. The van der Waals surface area contributed by atoms with Crippen LogP contribution < -0.4 is 10.2 Å². The summed E-state index contributed by atoms with van der Waals surface area (Å²) in [6, 6.07) is 9.77. The number of carbonyl (C=O) groups excluding carboxylic acids is 3. The number of amides is 1. The van der Waals surface area contributed by atoms with Crippen molar-refractivity contribution in [3.8, 4) is 0 Å². The summed E-state index contributed by atoms with van der Waals surface area (Å²) in [7, 11) is 0. The Bertz CT molecular complexity index is 843. The number of ketones is 1. The van der Waals surface area contributed by atoms with Crippen LogP contribution in [0.1, 0.15) is 40.5 Å². The van der Waals surface area contributed by atoms with Crippen molar-refractivity contribution in [2.45, 2.75) is 19.8 Å². The highest BCUT2D eigenvalue weighted by Crippen LogP contribution is 2.22. The van der Waals surface area contributed by atoms with Crippen LogP contribution in [0.2, 0.25) is 0 Å². The molecule has 1 fully saturated rings. The number of nitrogens with one attached hydrogen (secondary N) is 1. The van der Waals surface area contributed by atoms with Gasteiger partial charge in [-0.1, -0.05) is 0 Å². The van der Waals surface area contributed by atoms with Gasteiger partial charge in [0.05, 0.1) is 0 Å². The highest BCUT2D eigenvalue weighted by Gasteiger charge is 2.22. The van der Waals surface area contributed by atoms with Crippen LogP contribution in [-0.4, -0.2) is 42.3 Å². The van der Waals surface area contributed by atoms with E-state index in [2.05, 4.69) is 15.2 Å². The molecule has 0 atom stereocenters. The molecule has 0 radical (unpaired) electrons. The van der Waals surface area contributed by atoms with Crippen LogP contribution in [0, 0.1) is 0 Å². The predicted octanol–water partition coefficient (Wildman–Crippen LogP) is 2.68. The Kier molecular flexibility index (Phi) is 5.80. The average molecular weight is 367 g/mol. The maximum absolute atomic E-state index is 12.4. The van der Waals surface area contributed by atoms with E-state index >= 15 is 0 Å². The number of benzene rings is 1. The molecular weight excluding hydrogens is 346 g/mol. The van der Waals surface area contributed by atoms with Gasteiger partial charge in [-0.25, -0.2) is 9.78 Å². The van der Waals surface area contributed by atoms with Crippen molar-refractivity contribution in [3.05, 3.63) is 53.7 Å². The topological polar surface area (TPSA) is 88.6 Å². The SMILES string of the molecule is CC(=O)Nc1ccc(C(=O)COC(=O)c2cccnc2N2CCCC2)cc1. The van der Waals surface area contributed by atoms with Crippen molar-refractivity contribution in [3.63, 3.8) is 0 Å². The smallest absolute Gasteiger partial charge is 0.342 e. The lowest BCUT2D eigenvalue weighted by Crippen LogP contribution is -2.23. The predicted molar refractivity (Wildman–Crippen MR) is 101 cm³/mol. The Morgan fingerprint density at radius 3 is 2.48 bits per heavy atom. The Balaban J connectivity index is 1.62. The van der Waals surface area contributed by atoms with Gasteiger partial charge in [0.25, 0.3) is 0 Å². The van der Waals surface area contributed by atoms with E-state index < -0.39 is 5.97 Å². The molecule has 0 bridgehead atoms. The standard InChI is InChI=1S/C20H21N3O4/c1-14(24)22-16-8-6-15(7-9-16)18(25)13-27-20(26)17-5-4-10-21-19(17)23-11-2-3-12-23/h4-10H,2-3,11-13H2,1H3,(H,22,24). The summed E-state index contributed by atoms with van der Waals surface area (Å²) in [4.78, 5) is 42.1. The van der Waals surface area contributed by atoms with Crippen molar-refractivity contribution >= 4 is 29.2 Å². The van der Waals surface area contributed by atoms with Crippen LogP contribution in [0.3, 0.4) is 0 Å².